The highest BCUT2D eigenvalue weighted by Gasteiger charge is 2.21. The van der Waals surface area contributed by atoms with E-state index in [2.05, 4.69) is 31.3 Å². The van der Waals surface area contributed by atoms with Crippen molar-refractivity contribution in [1.82, 2.24) is 20.1 Å². The Balaban J connectivity index is 1.65. The van der Waals surface area contributed by atoms with Gasteiger partial charge in [-0.15, -0.1) is 0 Å². The van der Waals surface area contributed by atoms with Crippen molar-refractivity contribution in [2.24, 2.45) is 0 Å². The van der Waals surface area contributed by atoms with Gasteiger partial charge in [-0.2, -0.15) is 9.78 Å². The molecule has 0 saturated heterocycles. The molecule has 34 heavy (non-hydrogen) atoms. The van der Waals surface area contributed by atoms with Gasteiger partial charge < -0.3 is 15.2 Å². The van der Waals surface area contributed by atoms with Crippen LogP contribution >= 0.6 is 15.9 Å². The lowest BCUT2D eigenvalue weighted by Crippen LogP contribution is -2.43. The number of hydrogen-bond acceptors (Lipinski definition) is 6. The summed E-state index contributed by atoms with van der Waals surface area (Å²) in [6.07, 6.45) is 4.92. The van der Waals surface area contributed by atoms with Crippen LogP contribution < -0.4 is 21.3 Å². The zero-order chi connectivity index (χ0) is 24.4. The molecule has 0 atom stereocenters. The number of halogens is 1. The predicted octanol–water partition coefficient (Wildman–Crippen LogP) is 3.86. The number of ether oxygens (including phenoxy) is 1. The van der Waals surface area contributed by atoms with Crippen molar-refractivity contribution in [2.75, 3.05) is 0 Å². The smallest absolute Gasteiger partial charge is 0.349 e. The van der Waals surface area contributed by atoms with Crippen molar-refractivity contribution in [2.45, 2.75) is 52.0 Å². The third kappa shape index (κ3) is 5.06. The average Bonchev–Trinajstić information content (AvgIpc) is 2.79. The second kappa shape index (κ2) is 9.84. The van der Waals surface area contributed by atoms with Gasteiger partial charge in [-0.1, -0.05) is 19.3 Å². The Labute approximate surface area is 203 Å². The molecule has 4 rings (SSSR count). The van der Waals surface area contributed by atoms with Crippen molar-refractivity contribution in [3.63, 3.8) is 0 Å². The summed E-state index contributed by atoms with van der Waals surface area (Å²) in [5, 5.41) is 16.6. The molecule has 10 heteroatoms. The topological polar surface area (TPSA) is 126 Å². The molecule has 0 spiro atoms. The van der Waals surface area contributed by atoms with E-state index >= 15 is 0 Å². The second-order valence-corrected chi connectivity index (χ2v) is 9.31. The molecule has 178 valence electrons. The number of phenols is 1. The Morgan fingerprint density at radius 3 is 2.47 bits per heavy atom. The minimum Gasteiger partial charge on any atom is -0.507 e. The van der Waals surface area contributed by atoms with Crippen LogP contribution in [0.1, 0.15) is 53.7 Å². The van der Waals surface area contributed by atoms with E-state index in [0.29, 0.717) is 32.8 Å². The molecule has 0 unspecified atom stereocenters. The fourth-order valence-electron chi connectivity index (χ4n) is 4.10. The van der Waals surface area contributed by atoms with Gasteiger partial charge in [0, 0.05) is 6.04 Å². The molecule has 0 aliphatic heterocycles. The van der Waals surface area contributed by atoms with Gasteiger partial charge in [0.05, 0.1) is 10.2 Å². The van der Waals surface area contributed by atoms with E-state index < -0.39 is 17.2 Å². The summed E-state index contributed by atoms with van der Waals surface area (Å²) in [4.78, 5) is 39.8. The van der Waals surface area contributed by atoms with Crippen molar-refractivity contribution >= 4 is 21.8 Å². The number of aryl methyl sites for hydroxylation is 2. The first-order valence-corrected chi connectivity index (χ1v) is 11.8. The Bertz CT molecular complexity index is 1340. The number of nitrogens with one attached hydrogen (secondary N) is 2. The largest absolute Gasteiger partial charge is 0.507 e. The van der Waals surface area contributed by atoms with E-state index in [0.717, 1.165) is 36.8 Å². The summed E-state index contributed by atoms with van der Waals surface area (Å²) in [6.45, 7) is 3.63. The molecular weight excluding hydrogens is 504 g/mol. The molecule has 3 aromatic rings. The highest BCUT2D eigenvalue weighted by Crippen LogP contribution is 2.34. The maximum Gasteiger partial charge on any atom is 0.349 e. The Morgan fingerprint density at radius 1 is 1.15 bits per heavy atom. The number of carbonyl (C=O) groups is 1. The number of H-pyrrole nitrogens is 1. The van der Waals surface area contributed by atoms with Crippen LogP contribution in [0.15, 0.2) is 44.4 Å². The molecule has 1 aromatic heterocycles. The number of benzene rings is 2. The van der Waals surface area contributed by atoms with Crippen LogP contribution in [0.4, 0.5) is 0 Å². The average molecular weight is 529 g/mol. The van der Waals surface area contributed by atoms with E-state index in [1.54, 1.807) is 24.3 Å². The van der Waals surface area contributed by atoms with Gasteiger partial charge >= 0.3 is 5.69 Å². The molecule has 0 bridgehead atoms. The van der Waals surface area contributed by atoms with Crippen molar-refractivity contribution in [1.29, 1.82) is 0 Å². The fraction of sp³-hybridized carbons (Fsp3) is 0.333. The summed E-state index contributed by atoms with van der Waals surface area (Å²) >= 11 is 3.26. The van der Waals surface area contributed by atoms with Gasteiger partial charge in [0.2, 0.25) is 5.69 Å². The van der Waals surface area contributed by atoms with Crippen molar-refractivity contribution in [3.8, 4) is 22.9 Å². The lowest BCUT2D eigenvalue weighted by atomic mass is 9.95. The zero-order valence-electron chi connectivity index (χ0n) is 18.9. The number of aromatic amines is 1. The maximum absolute atomic E-state index is 12.7. The molecule has 3 N–H and O–H groups in total. The van der Waals surface area contributed by atoms with E-state index in [1.165, 1.54) is 6.07 Å². The molecule has 1 heterocycles. The van der Waals surface area contributed by atoms with Crippen molar-refractivity contribution < 1.29 is 14.6 Å². The van der Waals surface area contributed by atoms with Crippen LogP contribution in [0.2, 0.25) is 0 Å². The third-order valence-corrected chi connectivity index (χ3v) is 6.45. The first-order chi connectivity index (χ1) is 16.2. The monoisotopic (exact) mass is 528 g/mol. The number of amides is 1. The number of rotatable bonds is 5. The summed E-state index contributed by atoms with van der Waals surface area (Å²) in [7, 11) is 0. The van der Waals surface area contributed by atoms with Crippen LogP contribution in [-0.4, -0.2) is 31.8 Å². The minimum absolute atomic E-state index is 0.00341. The summed E-state index contributed by atoms with van der Waals surface area (Å²) in [5.74, 6) is 0.606. The number of aromatic nitrogens is 3. The third-order valence-electron chi connectivity index (χ3n) is 5.81. The molecule has 9 nitrogen and oxygen atoms in total. The zero-order valence-corrected chi connectivity index (χ0v) is 20.4. The van der Waals surface area contributed by atoms with Gasteiger partial charge in [0.15, 0.2) is 0 Å². The highest BCUT2D eigenvalue weighted by atomic mass is 79.9. The standard InChI is InChI=1S/C24H25BrN4O5/c1-13-10-16(11-14(2)21(13)34-17-8-9-19(30)18(25)12-17)29-24(33)27-23(32)20(28-29)22(31)26-15-6-4-3-5-7-15/h8-12,15,30H,3-7H2,1-2H3,(H,26,31)(H,27,32,33). The summed E-state index contributed by atoms with van der Waals surface area (Å²) < 4.78 is 7.50. The van der Waals surface area contributed by atoms with E-state index in [-0.39, 0.29) is 17.5 Å². The Kier molecular flexibility index (Phi) is 6.87. The van der Waals surface area contributed by atoms with E-state index in [4.69, 9.17) is 4.74 Å². The maximum atomic E-state index is 12.7. The summed E-state index contributed by atoms with van der Waals surface area (Å²) in [6, 6.07) is 8.18. The SMILES string of the molecule is Cc1cc(-n2nc(C(=O)NC3CCCCC3)c(=O)[nH]c2=O)cc(C)c1Oc1ccc(O)c(Br)c1. The molecule has 1 fully saturated rings. The van der Waals surface area contributed by atoms with Crippen LogP contribution in [0, 0.1) is 13.8 Å². The van der Waals surface area contributed by atoms with Gasteiger partial charge in [0.25, 0.3) is 11.5 Å². The van der Waals surface area contributed by atoms with Gasteiger partial charge in [-0.25, -0.2) is 4.79 Å². The molecule has 2 aromatic carbocycles. The van der Waals surface area contributed by atoms with Crippen LogP contribution in [0.25, 0.3) is 5.69 Å². The number of phenolic OH excluding ortho intramolecular Hbond substituents is 1. The van der Waals surface area contributed by atoms with Gasteiger partial charge in [0.1, 0.15) is 17.2 Å². The first kappa shape index (κ1) is 23.7. The second-order valence-electron chi connectivity index (χ2n) is 8.45. The highest BCUT2D eigenvalue weighted by molar-refractivity contribution is 9.10. The van der Waals surface area contributed by atoms with Crippen molar-refractivity contribution in [3.05, 3.63) is 72.5 Å². The quantitative estimate of drug-likeness (QED) is 0.461. The van der Waals surface area contributed by atoms with E-state index in [9.17, 15) is 19.5 Å². The van der Waals surface area contributed by atoms with Crippen LogP contribution in [-0.2, 0) is 0 Å². The molecule has 0 radical (unpaired) electrons. The van der Waals surface area contributed by atoms with Gasteiger partial charge in [-0.3, -0.25) is 14.6 Å². The van der Waals surface area contributed by atoms with Gasteiger partial charge in [-0.05, 0) is 84.1 Å². The lowest BCUT2D eigenvalue weighted by Gasteiger charge is -2.22. The predicted molar refractivity (Wildman–Crippen MR) is 130 cm³/mol. The molecule has 1 aliphatic rings. The number of nitrogens with zero attached hydrogens (tertiary/aromatic N) is 2. The Morgan fingerprint density at radius 2 is 1.82 bits per heavy atom. The fourth-order valence-corrected chi connectivity index (χ4v) is 4.46. The lowest BCUT2D eigenvalue weighted by molar-refractivity contribution is 0.0918. The molecule has 1 amide bonds. The normalized spacial score (nSPS) is 14.1. The summed E-state index contributed by atoms with van der Waals surface area (Å²) in [5.41, 5.74) is -0.0911. The number of hydrogen-bond donors (Lipinski definition) is 3. The minimum atomic E-state index is -0.819. The van der Waals surface area contributed by atoms with Crippen LogP contribution in [0.5, 0.6) is 17.2 Å². The Hall–Kier alpha value is -3.40. The van der Waals surface area contributed by atoms with Crippen LogP contribution in [0.3, 0.4) is 0 Å². The number of aromatic hydroxyl groups is 1. The molecule has 1 aliphatic carbocycles. The molecular formula is C24H25BrN4O5. The number of carbonyl (C=O) groups excluding carboxylic acids is 1. The first-order valence-electron chi connectivity index (χ1n) is 11.1. The molecule has 1 saturated carbocycles. The van der Waals surface area contributed by atoms with E-state index in [1.807, 2.05) is 13.8 Å².